The lowest BCUT2D eigenvalue weighted by molar-refractivity contribution is 0.265. The number of ether oxygens (including phenoxy) is 1. The van der Waals surface area contributed by atoms with Gasteiger partial charge in [0.2, 0.25) is 0 Å². The Kier molecular flexibility index (Phi) is 4.06. The molecule has 0 saturated heterocycles. The maximum atomic E-state index is 9.02. The molecule has 0 aliphatic heterocycles. The van der Waals surface area contributed by atoms with Gasteiger partial charge in [-0.3, -0.25) is 0 Å². The summed E-state index contributed by atoms with van der Waals surface area (Å²) in [6, 6.07) is 6.18. The summed E-state index contributed by atoms with van der Waals surface area (Å²) in [4.78, 5) is 9.53. The molecule has 2 aromatic heterocycles. The molecule has 0 fully saturated rings. The summed E-state index contributed by atoms with van der Waals surface area (Å²) >= 11 is 1.71. The van der Waals surface area contributed by atoms with Gasteiger partial charge in [0.1, 0.15) is 0 Å². The summed E-state index contributed by atoms with van der Waals surface area (Å²) in [6.45, 7) is 2.31. The van der Waals surface area contributed by atoms with Crippen LogP contribution in [0.25, 0.3) is 0 Å². The Morgan fingerprint density at radius 3 is 3.00 bits per heavy atom. The topological polar surface area (TPSA) is 55.2 Å². The molecule has 0 unspecified atom stereocenters. The van der Waals surface area contributed by atoms with Crippen LogP contribution in [-0.4, -0.2) is 21.7 Å². The van der Waals surface area contributed by atoms with Gasteiger partial charge in [-0.1, -0.05) is 6.07 Å². The van der Waals surface area contributed by atoms with E-state index in [2.05, 4.69) is 16.0 Å². The highest BCUT2D eigenvalue weighted by molar-refractivity contribution is 7.09. The quantitative estimate of drug-likeness (QED) is 0.881. The number of hydrogen-bond donors (Lipinski definition) is 1. The maximum Gasteiger partial charge on any atom is 0.316 e. The van der Waals surface area contributed by atoms with Gasteiger partial charge in [-0.15, -0.1) is 11.3 Å². The number of thiophene rings is 1. The molecule has 0 atom stereocenters. The van der Waals surface area contributed by atoms with Crippen LogP contribution in [0.1, 0.15) is 16.3 Å². The van der Waals surface area contributed by atoms with E-state index >= 15 is 0 Å². The second-order valence-electron chi connectivity index (χ2n) is 3.62. The fourth-order valence-corrected chi connectivity index (χ4v) is 2.14. The molecular formula is C12H14N2O2S. The van der Waals surface area contributed by atoms with Crippen LogP contribution >= 0.6 is 11.3 Å². The van der Waals surface area contributed by atoms with Crippen molar-refractivity contribution in [2.24, 2.45) is 0 Å². The van der Waals surface area contributed by atoms with Gasteiger partial charge >= 0.3 is 6.01 Å². The summed E-state index contributed by atoms with van der Waals surface area (Å²) in [5, 5.41) is 11.1. The Balaban J connectivity index is 1.92. The van der Waals surface area contributed by atoms with Gasteiger partial charge < -0.3 is 9.84 Å². The normalized spacial score (nSPS) is 10.5. The SMILES string of the molecule is Cc1cc(CO)nc(OCCc2cccs2)n1. The highest BCUT2D eigenvalue weighted by Gasteiger charge is 2.03. The number of aliphatic hydroxyl groups excluding tert-OH is 1. The molecule has 0 aliphatic rings. The third-order valence-corrected chi connectivity index (χ3v) is 3.14. The van der Waals surface area contributed by atoms with Crippen LogP contribution in [0, 0.1) is 6.92 Å². The molecule has 0 aromatic carbocycles. The number of aromatic nitrogens is 2. The monoisotopic (exact) mass is 250 g/mol. The van der Waals surface area contributed by atoms with Crippen LogP contribution < -0.4 is 4.74 Å². The average molecular weight is 250 g/mol. The third kappa shape index (κ3) is 3.51. The van der Waals surface area contributed by atoms with Gasteiger partial charge in [-0.05, 0) is 24.4 Å². The molecule has 4 nitrogen and oxygen atoms in total. The number of hydrogen-bond acceptors (Lipinski definition) is 5. The number of aliphatic hydroxyl groups is 1. The zero-order valence-corrected chi connectivity index (χ0v) is 10.4. The first-order valence-electron chi connectivity index (χ1n) is 5.38. The molecule has 0 radical (unpaired) electrons. The van der Waals surface area contributed by atoms with Crippen molar-refractivity contribution < 1.29 is 9.84 Å². The number of rotatable bonds is 5. The smallest absolute Gasteiger partial charge is 0.316 e. The molecule has 0 bridgehead atoms. The Hall–Kier alpha value is -1.46. The van der Waals surface area contributed by atoms with Gasteiger partial charge in [0, 0.05) is 17.0 Å². The van der Waals surface area contributed by atoms with E-state index in [0.29, 0.717) is 18.3 Å². The molecule has 1 N–H and O–H groups in total. The standard InChI is InChI=1S/C12H14N2O2S/c1-9-7-10(8-15)14-12(13-9)16-5-4-11-3-2-6-17-11/h2-3,6-7,15H,4-5,8H2,1H3. The molecule has 5 heteroatoms. The van der Waals surface area contributed by atoms with Crippen LogP contribution in [0.2, 0.25) is 0 Å². The largest absolute Gasteiger partial charge is 0.463 e. The van der Waals surface area contributed by atoms with Crippen LogP contribution in [0.3, 0.4) is 0 Å². The minimum absolute atomic E-state index is 0.0926. The van der Waals surface area contributed by atoms with E-state index in [9.17, 15) is 0 Å². The highest BCUT2D eigenvalue weighted by Crippen LogP contribution is 2.11. The average Bonchev–Trinajstić information content (AvgIpc) is 2.81. The first kappa shape index (κ1) is 12.0. The third-order valence-electron chi connectivity index (χ3n) is 2.21. The molecule has 0 amide bonds. The van der Waals surface area contributed by atoms with Crippen molar-refractivity contribution in [2.45, 2.75) is 20.0 Å². The summed E-state index contributed by atoms with van der Waals surface area (Å²) in [6.07, 6.45) is 0.851. The predicted octanol–water partition coefficient (Wildman–Crippen LogP) is 1.96. The Morgan fingerprint density at radius 1 is 1.41 bits per heavy atom. The molecule has 2 heterocycles. The van der Waals surface area contributed by atoms with Crippen molar-refractivity contribution in [3.63, 3.8) is 0 Å². The summed E-state index contributed by atoms with van der Waals surface area (Å²) in [5.41, 5.74) is 1.39. The fraction of sp³-hybridized carbons (Fsp3) is 0.333. The summed E-state index contributed by atoms with van der Waals surface area (Å²) in [7, 11) is 0. The lowest BCUT2D eigenvalue weighted by Gasteiger charge is -2.05. The molecule has 0 aliphatic carbocycles. The number of nitrogens with zero attached hydrogens (tertiary/aromatic N) is 2. The van der Waals surface area contributed by atoms with E-state index in [1.54, 1.807) is 17.4 Å². The second-order valence-corrected chi connectivity index (χ2v) is 4.65. The first-order chi connectivity index (χ1) is 8.28. The fourth-order valence-electron chi connectivity index (χ4n) is 1.45. The van der Waals surface area contributed by atoms with Gasteiger partial charge in [0.25, 0.3) is 0 Å². The summed E-state index contributed by atoms with van der Waals surface area (Å²) < 4.78 is 5.48. The van der Waals surface area contributed by atoms with E-state index in [4.69, 9.17) is 9.84 Å². The van der Waals surface area contributed by atoms with Crippen LogP contribution in [0.4, 0.5) is 0 Å². The number of aryl methyl sites for hydroxylation is 1. The van der Waals surface area contributed by atoms with Gasteiger partial charge in [0.15, 0.2) is 0 Å². The lowest BCUT2D eigenvalue weighted by Crippen LogP contribution is -2.05. The van der Waals surface area contributed by atoms with Crippen molar-refractivity contribution in [2.75, 3.05) is 6.61 Å². The second kappa shape index (κ2) is 5.75. The van der Waals surface area contributed by atoms with E-state index in [1.165, 1.54) is 4.88 Å². The first-order valence-corrected chi connectivity index (χ1v) is 6.26. The molecular weight excluding hydrogens is 236 g/mol. The van der Waals surface area contributed by atoms with Gasteiger partial charge in [-0.25, -0.2) is 4.98 Å². The van der Waals surface area contributed by atoms with Crippen molar-refractivity contribution in [3.8, 4) is 6.01 Å². The highest BCUT2D eigenvalue weighted by atomic mass is 32.1. The lowest BCUT2D eigenvalue weighted by atomic mass is 10.3. The predicted molar refractivity (Wildman–Crippen MR) is 66.2 cm³/mol. The molecule has 2 rings (SSSR count). The molecule has 2 aromatic rings. The molecule has 0 spiro atoms. The van der Waals surface area contributed by atoms with E-state index < -0.39 is 0 Å². The van der Waals surface area contributed by atoms with E-state index in [1.807, 2.05) is 18.4 Å². The molecule has 90 valence electrons. The van der Waals surface area contributed by atoms with Crippen molar-refractivity contribution in [1.29, 1.82) is 0 Å². The van der Waals surface area contributed by atoms with E-state index in [-0.39, 0.29) is 6.61 Å². The van der Waals surface area contributed by atoms with E-state index in [0.717, 1.165) is 12.1 Å². The van der Waals surface area contributed by atoms with Crippen LogP contribution in [0.5, 0.6) is 6.01 Å². The maximum absolute atomic E-state index is 9.02. The minimum atomic E-state index is -0.0926. The Morgan fingerprint density at radius 2 is 2.29 bits per heavy atom. The summed E-state index contributed by atoms with van der Waals surface area (Å²) in [5.74, 6) is 0. The molecule has 0 saturated carbocycles. The van der Waals surface area contributed by atoms with Crippen molar-refractivity contribution in [3.05, 3.63) is 39.8 Å². The Labute approximate surface area is 104 Å². The van der Waals surface area contributed by atoms with Crippen LogP contribution in [-0.2, 0) is 13.0 Å². The van der Waals surface area contributed by atoms with Crippen LogP contribution in [0.15, 0.2) is 23.6 Å². The van der Waals surface area contributed by atoms with Gasteiger partial charge in [-0.2, -0.15) is 4.98 Å². The zero-order valence-electron chi connectivity index (χ0n) is 9.59. The van der Waals surface area contributed by atoms with Gasteiger partial charge in [0.05, 0.1) is 18.9 Å². The van der Waals surface area contributed by atoms with Crippen molar-refractivity contribution in [1.82, 2.24) is 9.97 Å². The van der Waals surface area contributed by atoms with Crippen molar-refractivity contribution >= 4 is 11.3 Å². The minimum Gasteiger partial charge on any atom is -0.463 e. The Bertz CT molecular complexity index is 471. The zero-order chi connectivity index (χ0) is 12.1. The molecule has 17 heavy (non-hydrogen) atoms.